The molecule has 0 atom stereocenters. The Kier molecular flexibility index (Phi) is 3.48. The third kappa shape index (κ3) is 2.78. The van der Waals surface area contributed by atoms with E-state index in [4.69, 9.17) is 5.73 Å². The number of nitrogen functional groups attached to an aromatic ring is 1. The molecule has 5 heteroatoms. The lowest BCUT2D eigenvalue weighted by atomic mass is 10.1. The second kappa shape index (κ2) is 5.78. The molecule has 0 fully saturated rings. The molecular weight excluding hydrogens is 304 g/mol. The van der Waals surface area contributed by atoms with E-state index >= 15 is 0 Å². The van der Waals surface area contributed by atoms with Crippen molar-refractivity contribution in [2.75, 3.05) is 5.73 Å². The molecule has 4 rings (SSSR count). The molecule has 0 amide bonds. The highest BCUT2D eigenvalue weighted by Crippen LogP contribution is 2.33. The summed E-state index contributed by atoms with van der Waals surface area (Å²) < 4.78 is 0. The zero-order valence-electron chi connectivity index (χ0n) is 12.2. The quantitative estimate of drug-likeness (QED) is 0.435. The number of hydrogen-bond donors (Lipinski definition) is 2. The number of anilines is 1. The molecule has 0 unspecified atom stereocenters. The number of aromatic nitrogens is 3. The van der Waals surface area contributed by atoms with Crippen LogP contribution in [-0.4, -0.2) is 15.0 Å². The Morgan fingerprint density at radius 3 is 2.61 bits per heavy atom. The summed E-state index contributed by atoms with van der Waals surface area (Å²) in [5.74, 6) is 0. The first-order chi connectivity index (χ1) is 11.3. The van der Waals surface area contributed by atoms with Crippen molar-refractivity contribution in [1.29, 1.82) is 0 Å². The summed E-state index contributed by atoms with van der Waals surface area (Å²) in [6.45, 7) is 0. The average Bonchev–Trinajstić information content (AvgIpc) is 3.01. The van der Waals surface area contributed by atoms with E-state index in [0.29, 0.717) is 0 Å². The van der Waals surface area contributed by atoms with Crippen LogP contribution in [0.2, 0.25) is 0 Å². The standard InChI is InChI=1S/C18H14N4S/c19-13-6-4-5-12(9-13)16-10-15-17(22-16)20-11-21-18(15)23-14-7-2-1-3-8-14/h1-11H,19H2,(H,20,21,22). The average molecular weight is 318 g/mol. The van der Waals surface area contributed by atoms with E-state index in [1.165, 1.54) is 0 Å². The van der Waals surface area contributed by atoms with Gasteiger partial charge in [0.15, 0.2) is 0 Å². The molecule has 0 saturated heterocycles. The molecule has 2 aromatic carbocycles. The lowest BCUT2D eigenvalue weighted by Gasteiger charge is -2.01. The summed E-state index contributed by atoms with van der Waals surface area (Å²) in [7, 11) is 0. The fraction of sp³-hybridized carbons (Fsp3) is 0. The zero-order chi connectivity index (χ0) is 15.6. The van der Waals surface area contributed by atoms with E-state index in [1.807, 2.05) is 42.5 Å². The summed E-state index contributed by atoms with van der Waals surface area (Å²) in [5, 5.41) is 1.95. The molecule has 112 valence electrons. The number of H-pyrrole nitrogens is 1. The smallest absolute Gasteiger partial charge is 0.142 e. The van der Waals surface area contributed by atoms with Gasteiger partial charge in [-0.2, -0.15) is 0 Å². The molecule has 4 nitrogen and oxygen atoms in total. The minimum atomic E-state index is 0.742. The second-order valence-corrected chi connectivity index (χ2v) is 6.23. The van der Waals surface area contributed by atoms with E-state index < -0.39 is 0 Å². The molecule has 0 spiro atoms. The van der Waals surface area contributed by atoms with Gasteiger partial charge >= 0.3 is 0 Å². The van der Waals surface area contributed by atoms with Gasteiger partial charge in [0, 0.05) is 21.8 Å². The first-order valence-corrected chi connectivity index (χ1v) is 8.04. The number of fused-ring (bicyclic) bond motifs is 1. The van der Waals surface area contributed by atoms with Crippen molar-refractivity contribution in [3.05, 3.63) is 67.0 Å². The Morgan fingerprint density at radius 1 is 0.913 bits per heavy atom. The van der Waals surface area contributed by atoms with E-state index in [-0.39, 0.29) is 0 Å². The maximum atomic E-state index is 5.88. The van der Waals surface area contributed by atoms with Crippen molar-refractivity contribution in [2.45, 2.75) is 9.92 Å². The van der Waals surface area contributed by atoms with Gasteiger partial charge in [-0.05, 0) is 30.3 Å². The number of nitrogens with one attached hydrogen (secondary N) is 1. The Balaban J connectivity index is 1.78. The van der Waals surface area contributed by atoms with Crippen molar-refractivity contribution in [1.82, 2.24) is 15.0 Å². The highest BCUT2D eigenvalue weighted by molar-refractivity contribution is 7.99. The predicted molar refractivity (Wildman–Crippen MR) is 94.3 cm³/mol. The first kappa shape index (κ1) is 13.8. The van der Waals surface area contributed by atoms with Crippen molar-refractivity contribution in [3.8, 4) is 11.3 Å². The molecule has 23 heavy (non-hydrogen) atoms. The number of aromatic amines is 1. The van der Waals surface area contributed by atoms with Crippen LogP contribution in [0.3, 0.4) is 0 Å². The Bertz CT molecular complexity index is 963. The van der Waals surface area contributed by atoms with Crippen LogP contribution in [0, 0.1) is 0 Å². The van der Waals surface area contributed by atoms with E-state index in [1.54, 1.807) is 18.1 Å². The molecule has 0 bridgehead atoms. The molecule has 4 aromatic rings. The van der Waals surface area contributed by atoms with Crippen molar-refractivity contribution >= 4 is 28.5 Å². The summed E-state index contributed by atoms with van der Waals surface area (Å²) in [5.41, 5.74) is 9.48. The van der Waals surface area contributed by atoms with E-state index in [2.05, 4.69) is 33.2 Å². The molecule has 0 aliphatic rings. The molecular formula is C18H14N4S. The first-order valence-electron chi connectivity index (χ1n) is 7.22. The number of benzene rings is 2. The molecule has 0 saturated carbocycles. The summed E-state index contributed by atoms with van der Waals surface area (Å²) in [6.07, 6.45) is 1.59. The molecule has 0 radical (unpaired) electrons. The third-order valence-electron chi connectivity index (χ3n) is 3.54. The van der Waals surface area contributed by atoms with Gasteiger partial charge in [0.25, 0.3) is 0 Å². The lowest BCUT2D eigenvalue weighted by Crippen LogP contribution is -1.85. The molecule has 3 N–H and O–H groups in total. The second-order valence-electron chi connectivity index (χ2n) is 5.16. The fourth-order valence-corrected chi connectivity index (χ4v) is 3.34. The number of nitrogens with zero attached hydrogens (tertiary/aromatic N) is 2. The molecule has 2 heterocycles. The van der Waals surface area contributed by atoms with Crippen LogP contribution < -0.4 is 5.73 Å². The SMILES string of the molecule is Nc1cccc(-c2cc3c(Sc4ccccc4)ncnc3[nH]2)c1. The minimum absolute atomic E-state index is 0.742. The van der Waals surface area contributed by atoms with Crippen LogP contribution in [0.4, 0.5) is 5.69 Å². The van der Waals surface area contributed by atoms with Crippen LogP contribution in [0.15, 0.2) is 76.9 Å². The highest BCUT2D eigenvalue weighted by Gasteiger charge is 2.10. The van der Waals surface area contributed by atoms with Gasteiger partial charge in [-0.1, -0.05) is 42.1 Å². The van der Waals surface area contributed by atoms with Gasteiger partial charge in [-0.15, -0.1) is 0 Å². The minimum Gasteiger partial charge on any atom is -0.399 e. The maximum Gasteiger partial charge on any atom is 0.142 e. The van der Waals surface area contributed by atoms with Crippen molar-refractivity contribution in [3.63, 3.8) is 0 Å². The van der Waals surface area contributed by atoms with E-state index in [9.17, 15) is 0 Å². The van der Waals surface area contributed by atoms with Crippen LogP contribution in [0.1, 0.15) is 0 Å². The van der Waals surface area contributed by atoms with E-state index in [0.717, 1.165) is 37.9 Å². The van der Waals surface area contributed by atoms with Crippen LogP contribution in [0.5, 0.6) is 0 Å². The van der Waals surface area contributed by atoms with Crippen molar-refractivity contribution in [2.24, 2.45) is 0 Å². The molecule has 0 aliphatic heterocycles. The van der Waals surface area contributed by atoms with Crippen LogP contribution >= 0.6 is 11.8 Å². The molecule has 0 aliphatic carbocycles. The van der Waals surface area contributed by atoms with Gasteiger partial charge in [0.05, 0.1) is 5.39 Å². The monoisotopic (exact) mass is 318 g/mol. The van der Waals surface area contributed by atoms with Gasteiger partial charge in [0.2, 0.25) is 0 Å². The Hall–Kier alpha value is -2.79. The maximum absolute atomic E-state index is 5.88. The largest absolute Gasteiger partial charge is 0.399 e. The Morgan fingerprint density at radius 2 is 1.78 bits per heavy atom. The number of rotatable bonds is 3. The third-order valence-corrected chi connectivity index (χ3v) is 4.57. The Labute approximate surface area is 137 Å². The van der Waals surface area contributed by atoms with Gasteiger partial charge in [-0.3, -0.25) is 0 Å². The van der Waals surface area contributed by atoms with Gasteiger partial charge < -0.3 is 10.7 Å². The number of nitrogens with two attached hydrogens (primary N) is 1. The summed E-state index contributed by atoms with van der Waals surface area (Å²) >= 11 is 1.63. The van der Waals surface area contributed by atoms with Crippen LogP contribution in [-0.2, 0) is 0 Å². The highest BCUT2D eigenvalue weighted by atomic mass is 32.2. The predicted octanol–water partition coefficient (Wildman–Crippen LogP) is 4.36. The summed E-state index contributed by atoms with van der Waals surface area (Å²) in [6, 6.07) is 20.1. The van der Waals surface area contributed by atoms with Gasteiger partial charge in [0.1, 0.15) is 17.0 Å². The lowest BCUT2D eigenvalue weighted by molar-refractivity contribution is 1.09. The van der Waals surface area contributed by atoms with Crippen LogP contribution in [0.25, 0.3) is 22.3 Å². The van der Waals surface area contributed by atoms with Gasteiger partial charge in [-0.25, -0.2) is 9.97 Å². The summed E-state index contributed by atoms with van der Waals surface area (Å²) in [4.78, 5) is 13.3. The zero-order valence-corrected chi connectivity index (χ0v) is 13.0. The van der Waals surface area contributed by atoms with Crippen molar-refractivity contribution < 1.29 is 0 Å². The molecule has 2 aromatic heterocycles. The topological polar surface area (TPSA) is 67.6 Å². The fourth-order valence-electron chi connectivity index (χ4n) is 2.46. The normalized spacial score (nSPS) is 11.0. The number of hydrogen-bond acceptors (Lipinski definition) is 4.